The monoisotopic (exact) mass is 205 g/mol. The summed E-state index contributed by atoms with van der Waals surface area (Å²) in [6.07, 6.45) is 4.50. The maximum Gasteiger partial charge on any atom is 0.210 e. The highest BCUT2D eigenvalue weighted by Gasteiger charge is 2.12. The highest BCUT2D eigenvalue weighted by Crippen LogP contribution is 2.10. The first-order valence-electron chi connectivity index (χ1n) is 5.01. The van der Waals surface area contributed by atoms with Crippen LogP contribution in [0, 0.1) is 16.0 Å². The van der Waals surface area contributed by atoms with E-state index in [4.69, 9.17) is 0 Å². The number of nitro groups is 1. The fourth-order valence-corrected chi connectivity index (χ4v) is 1.57. The van der Waals surface area contributed by atoms with Gasteiger partial charge >= 0.3 is 0 Å². The first-order valence-corrected chi connectivity index (χ1v) is 5.01. The minimum absolute atomic E-state index is 0.000760. The quantitative estimate of drug-likeness (QED) is 0.421. The molecule has 0 bridgehead atoms. The summed E-state index contributed by atoms with van der Waals surface area (Å²) in [5, 5.41) is 10.4. The number of nitrogens with zero attached hydrogens (tertiary/aromatic N) is 1. The molecular weight excluding hydrogens is 190 g/mol. The van der Waals surface area contributed by atoms with Gasteiger partial charge in [-0.1, -0.05) is 42.5 Å². The topological polar surface area (TPSA) is 43.1 Å². The van der Waals surface area contributed by atoms with Crippen LogP contribution < -0.4 is 0 Å². The molecule has 0 heterocycles. The molecule has 3 nitrogen and oxygen atoms in total. The molecule has 3 heteroatoms. The van der Waals surface area contributed by atoms with Crippen molar-refractivity contribution in [3.63, 3.8) is 0 Å². The van der Waals surface area contributed by atoms with Crippen molar-refractivity contribution in [2.24, 2.45) is 5.92 Å². The van der Waals surface area contributed by atoms with E-state index in [0.717, 1.165) is 12.0 Å². The second kappa shape index (κ2) is 5.96. The number of hydrogen-bond acceptors (Lipinski definition) is 2. The van der Waals surface area contributed by atoms with Crippen molar-refractivity contribution in [3.05, 3.63) is 58.2 Å². The number of allylic oxidation sites excluding steroid dienone is 1. The third-order valence-corrected chi connectivity index (χ3v) is 2.19. The average Bonchev–Trinajstić information content (AvgIpc) is 2.18. The van der Waals surface area contributed by atoms with E-state index in [-0.39, 0.29) is 17.4 Å². The zero-order valence-electron chi connectivity index (χ0n) is 8.80. The minimum Gasteiger partial charge on any atom is -0.265 e. The van der Waals surface area contributed by atoms with Crippen molar-refractivity contribution in [1.29, 1.82) is 0 Å². The summed E-state index contributed by atoms with van der Waals surface area (Å²) in [6, 6.07) is 9.84. The summed E-state index contributed by atoms with van der Waals surface area (Å²) in [7, 11) is 0. The van der Waals surface area contributed by atoms with Gasteiger partial charge < -0.3 is 0 Å². The predicted molar refractivity (Wildman–Crippen MR) is 60.3 cm³/mol. The van der Waals surface area contributed by atoms with E-state index in [0.29, 0.717) is 0 Å². The van der Waals surface area contributed by atoms with Gasteiger partial charge in [-0.3, -0.25) is 10.1 Å². The van der Waals surface area contributed by atoms with Crippen molar-refractivity contribution in [3.8, 4) is 0 Å². The summed E-state index contributed by atoms with van der Waals surface area (Å²) in [4.78, 5) is 10.2. The van der Waals surface area contributed by atoms with Crippen molar-refractivity contribution in [2.45, 2.75) is 13.3 Å². The molecule has 1 rings (SSSR count). The fourth-order valence-electron chi connectivity index (χ4n) is 1.57. The lowest BCUT2D eigenvalue weighted by Crippen LogP contribution is -2.14. The molecule has 0 aliphatic rings. The van der Waals surface area contributed by atoms with Gasteiger partial charge in [-0.15, -0.1) is 0 Å². The van der Waals surface area contributed by atoms with Crippen LogP contribution in [-0.4, -0.2) is 11.5 Å². The molecule has 0 aromatic heterocycles. The molecule has 80 valence electrons. The van der Waals surface area contributed by atoms with Crippen LogP contribution in [0.2, 0.25) is 0 Å². The van der Waals surface area contributed by atoms with Crippen LogP contribution in [0.25, 0.3) is 0 Å². The molecule has 0 N–H and O–H groups in total. The maximum atomic E-state index is 10.4. The van der Waals surface area contributed by atoms with Crippen LogP contribution in [0.5, 0.6) is 0 Å². The summed E-state index contributed by atoms with van der Waals surface area (Å²) < 4.78 is 0. The molecule has 0 unspecified atom stereocenters. The van der Waals surface area contributed by atoms with Crippen molar-refractivity contribution < 1.29 is 4.92 Å². The third-order valence-electron chi connectivity index (χ3n) is 2.19. The van der Waals surface area contributed by atoms with E-state index < -0.39 is 0 Å². The van der Waals surface area contributed by atoms with Crippen molar-refractivity contribution in [1.82, 2.24) is 0 Å². The third kappa shape index (κ3) is 4.40. The predicted octanol–water partition coefficient (Wildman–Crippen LogP) is 2.70. The lowest BCUT2D eigenvalue weighted by Gasteiger charge is -2.07. The Labute approximate surface area is 89.6 Å². The minimum atomic E-state index is -0.256. The SMILES string of the molecule is C/C=C/[C@H](Cc1ccccc1)C[N+](=O)[O-]. The van der Waals surface area contributed by atoms with E-state index in [1.165, 1.54) is 0 Å². The first-order chi connectivity index (χ1) is 7.22. The Morgan fingerprint density at radius 2 is 2.07 bits per heavy atom. The van der Waals surface area contributed by atoms with Gasteiger partial charge in [-0.05, 0) is 18.9 Å². The number of rotatable bonds is 5. The van der Waals surface area contributed by atoms with Crippen LogP contribution in [0.1, 0.15) is 12.5 Å². The molecule has 0 spiro atoms. The molecule has 0 aliphatic heterocycles. The Morgan fingerprint density at radius 3 is 2.60 bits per heavy atom. The Bertz CT molecular complexity index is 333. The molecule has 0 aliphatic carbocycles. The largest absolute Gasteiger partial charge is 0.265 e. The van der Waals surface area contributed by atoms with E-state index in [2.05, 4.69) is 0 Å². The molecule has 0 fully saturated rings. The van der Waals surface area contributed by atoms with Crippen LogP contribution in [0.15, 0.2) is 42.5 Å². The maximum absolute atomic E-state index is 10.4. The van der Waals surface area contributed by atoms with E-state index in [9.17, 15) is 10.1 Å². The first kappa shape index (κ1) is 11.4. The Kier molecular flexibility index (Phi) is 4.54. The Balaban J connectivity index is 2.62. The smallest absolute Gasteiger partial charge is 0.210 e. The Hall–Kier alpha value is -1.64. The number of hydrogen-bond donors (Lipinski definition) is 0. The standard InChI is InChI=1S/C12H15NO2/c1-2-6-12(10-13(14)15)9-11-7-4-3-5-8-11/h2-8,12H,9-10H2,1H3/b6-2+/t12-/m1/s1. The van der Waals surface area contributed by atoms with Crippen LogP contribution in [0.4, 0.5) is 0 Å². The van der Waals surface area contributed by atoms with Gasteiger partial charge in [0.25, 0.3) is 0 Å². The number of benzene rings is 1. The lowest BCUT2D eigenvalue weighted by atomic mass is 9.99. The van der Waals surface area contributed by atoms with Gasteiger partial charge in [0.2, 0.25) is 6.54 Å². The van der Waals surface area contributed by atoms with E-state index in [1.54, 1.807) is 0 Å². The fraction of sp³-hybridized carbons (Fsp3) is 0.333. The lowest BCUT2D eigenvalue weighted by molar-refractivity contribution is -0.485. The van der Waals surface area contributed by atoms with Gasteiger partial charge in [0.1, 0.15) is 0 Å². The molecule has 0 radical (unpaired) electrons. The summed E-state index contributed by atoms with van der Waals surface area (Å²) >= 11 is 0. The van der Waals surface area contributed by atoms with Crippen molar-refractivity contribution >= 4 is 0 Å². The molecular formula is C12H15NO2. The second-order valence-corrected chi connectivity index (χ2v) is 3.49. The molecule has 0 saturated carbocycles. The van der Waals surface area contributed by atoms with Crippen LogP contribution in [0.3, 0.4) is 0 Å². The van der Waals surface area contributed by atoms with E-state index >= 15 is 0 Å². The average molecular weight is 205 g/mol. The molecule has 1 aromatic carbocycles. The van der Waals surface area contributed by atoms with Gasteiger partial charge in [0.15, 0.2) is 0 Å². The summed E-state index contributed by atoms with van der Waals surface area (Å²) in [5.74, 6) is -0.00704. The second-order valence-electron chi connectivity index (χ2n) is 3.49. The Morgan fingerprint density at radius 1 is 1.40 bits per heavy atom. The molecule has 0 saturated heterocycles. The van der Waals surface area contributed by atoms with Gasteiger partial charge in [-0.2, -0.15) is 0 Å². The van der Waals surface area contributed by atoms with Crippen LogP contribution >= 0.6 is 0 Å². The van der Waals surface area contributed by atoms with Crippen molar-refractivity contribution in [2.75, 3.05) is 6.54 Å². The summed E-state index contributed by atoms with van der Waals surface area (Å²) in [6.45, 7) is 1.89. The molecule has 1 aromatic rings. The zero-order valence-corrected chi connectivity index (χ0v) is 8.80. The normalized spacial score (nSPS) is 12.9. The molecule has 15 heavy (non-hydrogen) atoms. The van der Waals surface area contributed by atoms with Gasteiger partial charge in [0, 0.05) is 10.8 Å². The van der Waals surface area contributed by atoms with Gasteiger partial charge in [0.05, 0.1) is 0 Å². The highest BCUT2D eigenvalue weighted by atomic mass is 16.6. The molecule has 0 amide bonds. The highest BCUT2D eigenvalue weighted by molar-refractivity contribution is 5.16. The zero-order chi connectivity index (χ0) is 11.1. The molecule has 1 atom stereocenters. The van der Waals surface area contributed by atoms with E-state index in [1.807, 2.05) is 49.4 Å². The van der Waals surface area contributed by atoms with Gasteiger partial charge in [-0.25, -0.2) is 0 Å². The summed E-state index contributed by atoms with van der Waals surface area (Å²) in [5.41, 5.74) is 1.14. The van der Waals surface area contributed by atoms with Crippen LogP contribution in [-0.2, 0) is 6.42 Å².